The molecule has 1 N–H and O–H groups in total. The highest BCUT2D eigenvalue weighted by Crippen LogP contribution is 2.37. The number of hydrogen-bond donors (Lipinski definition) is 1. The Bertz CT molecular complexity index is 235. The average Bonchev–Trinajstić information content (AvgIpc) is 2.52. The Kier molecular flexibility index (Phi) is 3.05. The third kappa shape index (κ3) is 2.00. The Balaban J connectivity index is 2.76. The molecule has 0 radical (unpaired) electrons. The third-order valence-electron chi connectivity index (χ3n) is 1.70. The van der Waals surface area contributed by atoms with E-state index >= 15 is 0 Å². The molecule has 0 spiro atoms. The Morgan fingerprint density at radius 3 is 2.21 bits per heavy atom. The van der Waals surface area contributed by atoms with Gasteiger partial charge in [-0.3, -0.25) is 10.1 Å². The Labute approximate surface area is 80.2 Å². The third-order valence-corrected chi connectivity index (χ3v) is 2.64. The summed E-state index contributed by atoms with van der Waals surface area (Å²) in [5.41, 5.74) is 0. The lowest BCUT2D eigenvalue weighted by atomic mass is 10.1. The van der Waals surface area contributed by atoms with Crippen molar-refractivity contribution in [3.8, 4) is 0 Å². The second kappa shape index (κ2) is 3.65. The Morgan fingerprint density at radius 2 is 1.86 bits per heavy atom. The van der Waals surface area contributed by atoms with Crippen LogP contribution >= 0.6 is 11.8 Å². The van der Waals surface area contributed by atoms with Gasteiger partial charge in [-0.05, 0) is 0 Å². The van der Waals surface area contributed by atoms with Gasteiger partial charge in [-0.1, -0.05) is 0 Å². The number of Topliss-reactive ketones (excluding diaryl/α,β-unsaturated/α-hetero) is 1. The van der Waals surface area contributed by atoms with Crippen molar-refractivity contribution in [3.05, 3.63) is 0 Å². The smallest absolute Gasteiger partial charge is 0.297 e. The normalized spacial score (nSPS) is 23.9. The monoisotopic (exact) mass is 235 g/mol. The van der Waals surface area contributed by atoms with Crippen LogP contribution in [0.2, 0.25) is 0 Å². The molecule has 0 aliphatic carbocycles. The van der Waals surface area contributed by atoms with Crippen molar-refractivity contribution in [2.75, 3.05) is 11.6 Å². The Hall–Kier alpha value is -0.370. The maximum Gasteiger partial charge on any atom is 0.461 e. The maximum atomic E-state index is 12.5. The van der Waals surface area contributed by atoms with Crippen molar-refractivity contribution in [1.29, 1.82) is 0 Å². The lowest BCUT2D eigenvalue weighted by Gasteiger charge is -2.20. The lowest BCUT2D eigenvalue weighted by Crippen LogP contribution is -2.52. The average molecular weight is 235 g/mol. The molecule has 1 saturated heterocycles. The quantitative estimate of drug-likeness (QED) is 0.734. The molecule has 1 rings (SSSR count). The first kappa shape index (κ1) is 11.7. The van der Waals surface area contributed by atoms with Crippen molar-refractivity contribution in [3.63, 3.8) is 0 Å². The summed E-state index contributed by atoms with van der Waals surface area (Å²) in [6, 6.07) is -1.41. The number of carbonyl (C=O) groups excluding carboxylic acids is 1. The van der Waals surface area contributed by atoms with Crippen LogP contribution in [-0.2, 0) is 4.79 Å². The van der Waals surface area contributed by atoms with Gasteiger partial charge in [0.15, 0.2) is 0 Å². The summed E-state index contributed by atoms with van der Waals surface area (Å²) >= 11 is 1.10. The van der Waals surface area contributed by atoms with Crippen LogP contribution in [0.4, 0.5) is 22.0 Å². The van der Waals surface area contributed by atoms with Crippen molar-refractivity contribution in [2.45, 2.75) is 18.1 Å². The summed E-state index contributed by atoms with van der Waals surface area (Å²) in [4.78, 5) is 10.8. The molecule has 82 valence electrons. The van der Waals surface area contributed by atoms with Gasteiger partial charge in [-0.2, -0.15) is 22.0 Å². The highest BCUT2D eigenvalue weighted by atomic mass is 32.2. The van der Waals surface area contributed by atoms with Gasteiger partial charge in [0, 0.05) is 11.6 Å². The van der Waals surface area contributed by atoms with Gasteiger partial charge in [0.25, 0.3) is 0 Å². The van der Waals surface area contributed by atoms with E-state index in [2.05, 4.69) is 5.32 Å². The maximum absolute atomic E-state index is 12.5. The molecule has 0 bridgehead atoms. The zero-order valence-electron chi connectivity index (χ0n) is 6.70. The molecule has 14 heavy (non-hydrogen) atoms. The van der Waals surface area contributed by atoms with E-state index in [-0.39, 0.29) is 11.6 Å². The van der Waals surface area contributed by atoms with E-state index in [9.17, 15) is 26.7 Å². The van der Waals surface area contributed by atoms with Crippen molar-refractivity contribution in [2.24, 2.45) is 0 Å². The molecule has 1 unspecified atom stereocenters. The van der Waals surface area contributed by atoms with E-state index < -0.39 is 23.9 Å². The predicted molar refractivity (Wildman–Crippen MR) is 40.3 cm³/mol. The molecule has 2 nitrogen and oxygen atoms in total. The van der Waals surface area contributed by atoms with Crippen LogP contribution in [0, 0.1) is 0 Å². The van der Waals surface area contributed by atoms with Crippen LogP contribution in [0.5, 0.6) is 0 Å². The second-order valence-corrected chi connectivity index (χ2v) is 3.74. The van der Waals surface area contributed by atoms with Crippen LogP contribution in [0.1, 0.15) is 0 Å². The largest absolute Gasteiger partial charge is 0.461 e. The minimum Gasteiger partial charge on any atom is -0.297 e. The number of carbonyl (C=O) groups is 1. The van der Waals surface area contributed by atoms with Crippen LogP contribution in [0.15, 0.2) is 0 Å². The SMILES string of the molecule is O=C(C1CSCN1)C(F)(F)C(F)(F)F. The van der Waals surface area contributed by atoms with Crippen LogP contribution in [-0.4, -0.2) is 35.6 Å². The molecule has 8 heteroatoms. The minimum absolute atomic E-state index is 0.0511. The summed E-state index contributed by atoms with van der Waals surface area (Å²) in [5.74, 6) is -7.19. The first-order chi connectivity index (χ1) is 6.27. The summed E-state index contributed by atoms with van der Waals surface area (Å²) in [5, 5.41) is 2.27. The molecule has 1 fully saturated rings. The van der Waals surface area contributed by atoms with Gasteiger partial charge in [-0.15, -0.1) is 11.8 Å². The number of nitrogens with one attached hydrogen (secondary N) is 1. The van der Waals surface area contributed by atoms with Crippen LogP contribution < -0.4 is 5.32 Å². The minimum atomic E-state index is -5.81. The zero-order valence-corrected chi connectivity index (χ0v) is 7.51. The first-order valence-electron chi connectivity index (χ1n) is 3.57. The molecule has 1 aliphatic rings. The molecule has 0 aromatic rings. The fraction of sp³-hybridized carbons (Fsp3) is 0.833. The Morgan fingerprint density at radius 1 is 1.29 bits per heavy atom. The van der Waals surface area contributed by atoms with Crippen molar-refractivity contribution < 1.29 is 26.7 Å². The van der Waals surface area contributed by atoms with Gasteiger partial charge >= 0.3 is 12.1 Å². The lowest BCUT2D eigenvalue weighted by molar-refractivity contribution is -0.269. The van der Waals surface area contributed by atoms with E-state index in [1.54, 1.807) is 0 Å². The topological polar surface area (TPSA) is 29.1 Å². The van der Waals surface area contributed by atoms with Gasteiger partial charge in [0.1, 0.15) is 0 Å². The number of ketones is 1. The predicted octanol–water partition coefficient (Wildman–Crippen LogP) is 1.42. The number of thioether (sulfide) groups is 1. The molecular formula is C6H6F5NOS. The van der Waals surface area contributed by atoms with E-state index in [0.29, 0.717) is 0 Å². The molecule has 0 saturated carbocycles. The molecule has 0 amide bonds. The fourth-order valence-corrected chi connectivity index (χ4v) is 1.86. The number of rotatable bonds is 2. The molecule has 0 aromatic heterocycles. The van der Waals surface area contributed by atoms with E-state index in [4.69, 9.17) is 0 Å². The summed E-state index contributed by atoms with van der Waals surface area (Å²) in [6.45, 7) is 0. The van der Waals surface area contributed by atoms with Crippen LogP contribution in [0.3, 0.4) is 0 Å². The number of alkyl halides is 5. The molecule has 1 aliphatic heterocycles. The fourth-order valence-electron chi connectivity index (χ4n) is 0.922. The van der Waals surface area contributed by atoms with Crippen LogP contribution in [0.25, 0.3) is 0 Å². The second-order valence-electron chi connectivity index (χ2n) is 2.71. The summed E-state index contributed by atoms with van der Waals surface area (Å²) in [7, 11) is 0. The highest BCUT2D eigenvalue weighted by Gasteiger charge is 2.64. The van der Waals surface area contributed by atoms with Gasteiger partial charge < -0.3 is 0 Å². The highest BCUT2D eigenvalue weighted by molar-refractivity contribution is 7.99. The molecule has 0 aromatic carbocycles. The van der Waals surface area contributed by atoms with Crippen molar-refractivity contribution >= 4 is 17.5 Å². The first-order valence-corrected chi connectivity index (χ1v) is 4.72. The molecular weight excluding hydrogens is 229 g/mol. The van der Waals surface area contributed by atoms with E-state index in [1.807, 2.05) is 0 Å². The zero-order chi connectivity index (χ0) is 11.0. The van der Waals surface area contributed by atoms with Gasteiger partial charge in [-0.25, -0.2) is 0 Å². The molecule has 1 atom stereocenters. The summed E-state index contributed by atoms with van der Waals surface area (Å²) < 4.78 is 60.1. The summed E-state index contributed by atoms with van der Waals surface area (Å²) in [6.07, 6.45) is -5.81. The van der Waals surface area contributed by atoms with Crippen molar-refractivity contribution in [1.82, 2.24) is 5.32 Å². The molecule has 1 heterocycles. The van der Waals surface area contributed by atoms with Gasteiger partial charge in [0.2, 0.25) is 5.78 Å². The standard InChI is InChI=1S/C6H6F5NOS/c7-5(8,6(9,10)11)4(13)3-1-14-2-12-3/h3,12H,1-2H2. The van der Waals surface area contributed by atoms with E-state index in [0.717, 1.165) is 11.8 Å². The van der Waals surface area contributed by atoms with Gasteiger partial charge in [0.05, 0.1) is 6.04 Å². The number of hydrogen-bond acceptors (Lipinski definition) is 3. The van der Waals surface area contributed by atoms with E-state index in [1.165, 1.54) is 0 Å². The number of halogens is 5.